The molecule has 6 nitrogen and oxygen atoms in total. The van der Waals surface area contributed by atoms with Crippen molar-refractivity contribution in [1.82, 2.24) is 14.6 Å². The summed E-state index contributed by atoms with van der Waals surface area (Å²) in [6, 6.07) is 4.03. The number of rotatable bonds is 4. The molecule has 0 aromatic carbocycles. The Kier molecular flexibility index (Phi) is 4.08. The molecule has 0 radical (unpaired) electrons. The predicted octanol–water partition coefficient (Wildman–Crippen LogP) is 3.62. The molecule has 4 saturated carbocycles. The normalized spacial score (nSPS) is 34.6. The molecular formula is C18H20ClIN4O2. The second-order valence-electron chi connectivity index (χ2n) is 7.60. The van der Waals surface area contributed by atoms with E-state index >= 15 is 0 Å². The van der Waals surface area contributed by atoms with Crippen LogP contribution >= 0.6 is 34.2 Å². The molecule has 2 aromatic heterocycles. The maximum absolute atomic E-state index is 12.8. The number of halogens is 2. The quantitative estimate of drug-likeness (QED) is 0.528. The molecule has 0 amide bonds. The zero-order chi connectivity index (χ0) is 18.0. The summed E-state index contributed by atoms with van der Waals surface area (Å²) in [5.41, 5.74) is 0.884. The monoisotopic (exact) mass is 486 g/mol. The van der Waals surface area contributed by atoms with Gasteiger partial charge in [-0.2, -0.15) is 4.98 Å². The molecule has 6 rings (SSSR count). The molecular weight excluding hydrogens is 467 g/mol. The van der Waals surface area contributed by atoms with Gasteiger partial charge in [0.1, 0.15) is 9.22 Å². The van der Waals surface area contributed by atoms with Gasteiger partial charge >= 0.3 is 5.97 Å². The summed E-state index contributed by atoms with van der Waals surface area (Å²) in [5.74, 6) is 2.94. The van der Waals surface area contributed by atoms with Crippen molar-refractivity contribution in [2.24, 2.45) is 29.6 Å². The van der Waals surface area contributed by atoms with E-state index in [1.165, 1.54) is 12.8 Å². The lowest BCUT2D eigenvalue weighted by Gasteiger charge is -2.47. The standard InChI is InChI=1S/C18H20ClIN4O2/c1-2-26-17(25)14-8-3-4-9(11-7-10(8)11)15(14)21-16-12-5-6-13(20)24(12)23-18(19)22-16/h5-6,8-11,14-15H,2-4,7H2,1H3,(H,21,22,23)/t8-,9+,10?,11?,14-,15-/m0/s1. The van der Waals surface area contributed by atoms with Crippen LogP contribution in [0.2, 0.25) is 5.28 Å². The SMILES string of the molecule is CCOC(=O)[C@@H]1[C@@H](Nc2nc(Cl)nn3c(I)ccc23)[C@@H]2CC[C@H]1C1CC12. The maximum atomic E-state index is 12.8. The van der Waals surface area contributed by atoms with Gasteiger partial charge in [-0.25, -0.2) is 4.52 Å². The van der Waals surface area contributed by atoms with Gasteiger partial charge in [-0.15, -0.1) is 5.10 Å². The highest BCUT2D eigenvalue weighted by Gasteiger charge is 2.63. The van der Waals surface area contributed by atoms with Crippen molar-refractivity contribution in [3.05, 3.63) is 21.1 Å². The molecule has 2 heterocycles. The smallest absolute Gasteiger partial charge is 0.311 e. The van der Waals surface area contributed by atoms with Crippen LogP contribution in [0.15, 0.2) is 12.1 Å². The van der Waals surface area contributed by atoms with Crippen molar-refractivity contribution < 1.29 is 9.53 Å². The van der Waals surface area contributed by atoms with Crippen LogP contribution < -0.4 is 5.32 Å². The van der Waals surface area contributed by atoms with Gasteiger partial charge in [-0.3, -0.25) is 4.79 Å². The highest BCUT2D eigenvalue weighted by atomic mass is 127. The highest BCUT2D eigenvalue weighted by Crippen LogP contribution is 2.64. The summed E-state index contributed by atoms with van der Waals surface area (Å²) in [5, 5.41) is 8.07. The van der Waals surface area contributed by atoms with Gasteiger partial charge in [0, 0.05) is 6.04 Å². The molecule has 4 aliphatic rings. The minimum absolute atomic E-state index is 0.0545. The molecule has 1 N–H and O–H groups in total. The van der Waals surface area contributed by atoms with E-state index < -0.39 is 0 Å². The van der Waals surface area contributed by atoms with Gasteiger partial charge in [-0.1, -0.05) is 0 Å². The fourth-order valence-electron chi connectivity index (χ4n) is 5.42. The van der Waals surface area contributed by atoms with E-state index in [2.05, 4.69) is 38.0 Å². The van der Waals surface area contributed by atoms with Crippen LogP contribution in [0.25, 0.3) is 5.52 Å². The van der Waals surface area contributed by atoms with Crippen LogP contribution in [0.1, 0.15) is 26.2 Å². The van der Waals surface area contributed by atoms with Crippen molar-refractivity contribution in [2.45, 2.75) is 32.2 Å². The lowest BCUT2D eigenvalue weighted by Crippen LogP contribution is -2.53. The van der Waals surface area contributed by atoms with Crippen LogP contribution in [0.5, 0.6) is 0 Å². The van der Waals surface area contributed by atoms with Crippen molar-refractivity contribution in [1.29, 1.82) is 0 Å². The molecule has 6 atom stereocenters. The topological polar surface area (TPSA) is 68.5 Å². The number of fused-ring (bicyclic) bond motifs is 3. The van der Waals surface area contributed by atoms with Gasteiger partial charge in [-0.05, 0) is 96.2 Å². The molecule has 2 unspecified atom stereocenters. The second kappa shape index (κ2) is 6.22. The van der Waals surface area contributed by atoms with Gasteiger partial charge in [0.15, 0.2) is 5.82 Å². The van der Waals surface area contributed by atoms with Crippen LogP contribution in [0, 0.1) is 33.3 Å². The molecule has 0 spiro atoms. The molecule has 8 heteroatoms. The first-order chi connectivity index (χ1) is 12.6. The third-order valence-electron chi connectivity index (χ3n) is 6.43. The minimum atomic E-state index is -0.0970. The molecule has 2 bridgehead atoms. The Labute approximate surface area is 170 Å². The maximum Gasteiger partial charge on any atom is 0.311 e. The van der Waals surface area contributed by atoms with Gasteiger partial charge in [0.05, 0.1) is 12.5 Å². The summed E-state index contributed by atoms with van der Waals surface area (Å²) in [4.78, 5) is 17.2. The van der Waals surface area contributed by atoms with Crippen molar-refractivity contribution in [3.8, 4) is 0 Å². The molecule has 4 fully saturated rings. The first-order valence-corrected chi connectivity index (χ1v) is 10.7. The largest absolute Gasteiger partial charge is 0.466 e. The Morgan fingerprint density at radius 2 is 2.12 bits per heavy atom. The Morgan fingerprint density at radius 3 is 2.92 bits per heavy atom. The number of nitrogens with one attached hydrogen (secondary N) is 1. The number of anilines is 1. The number of hydrogen-bond acceptors (Lipinski definition) is 5. The summed E-state index contributed by atoms with van der Waals surface area (Å²) in [6.45, 7) is 2.30. The second-order valence-corrected chi connectivity index (χ2v) is 9.04. The highest BCUT2D eigenvalue weighted by molar-refractivity contribution is 14.1. The Bertz CT molecular complexity index is 887. The summed E-state index contributed by atoms with van der Waals surface area (Å²) < 4.78 is 8.20. The average Bonchev–Trinajstić information content (AvgIpc) is 3.36. The zero-order valence-corrected chi connectivity index (χ0v) is 17.3. The zero-order valence-electron chi connectivity index (χ0n) is 14.4. The number of hydrogen-bond donors (Lipinski definition) is 1. The fourth-order valence-corrected chi connectivity index (χ4v) is 6.13. The van der Waals surface area contributed by atoms with Crippen LogP contribution in [0.3, 0.4) is 0 Å². The number of carbonyl (C=O) groups excluding carboxylic acids is 1. The Balaban J connectivity index is 1.53. The number of ether oxygens (including phenoxy) is 1. The first-order valence-electron chi connectivity index (χ1n) is 9.22. The number of nitrogens with zero attached hydrogens (tertiary/aromatic N) is 3. The number of aromatic nitrogens is 3. The van der Waals surface area contributed by atoms with Crippen molar-refractivity contribution >= 4 is 51.5 Å². The van der Waals surface area contributed by atoms with E-state index in [9.17, 15) is 4.79 Å². The van der Waals surface area contributed by atoms with E-state index in [1.807, 2.05) is 19.1 Å². The third-order valence-corrected chi connectivity index (χ3v) is 7.41. The van der Waals surface area contributed by atoms with Crippen LogP contribution in [-0.4, -0.2) is 33.2 Å². The van der Waals surface area contributed by atoms with E-state index in [4.69, 9.17) is 16.3 Å². The third kappa shape index (κ3) is 2.53. The first kappa shape index (κ1) is 17.0. The predicted molar refractivity (Wildman–Crippen MR) is 106 cm³/mol. The lowest BCUT2D eigenvalue weighted by molar-refractivity contribution is -0.155. The van der Waals surface area contributed by atoms with Gasteiger partial charge in [0.25, 0.3) is 0 Å². The summed E-state index contributed by atoms with van der Waals surface area (Å²) in [7, 11) is 0. The molecule has 0 aliphatic heterocycles. The summed E-state index contributed by atoms with van der Waals surface area (Å²) >= 11 is 8.38. The van der Waals surface area contributed by atoms with Gasteiger partial charge < -0.3 is 10.1 Å². The van der Waals surface area contributed by atoms with E-state index in [0.29, 0.717) is 30.2 Å². The van der Waals surface area contributed by atoms with Gasteiger partial charge in [0.2, 0.25) is 5.28 Å². The van der Waals surface area contributed by atoms with Crippen molar-refractivity contribution in [2.75, 3.05) is 11.9 Å². The molecule has 0 saturated heterocycles. The average molecular weight is 487 g/mol. The van der Waals surface area contributed by atoms with Crippen LogP contribution in [0.4, 0.5) is 5.82 Å². The molecule has 4 aliphatic carbocycles. The molecule has 2 aromatic rings. The van der Waals surface area contributed by atoms with E-state index in [-0.39, 0.29) is 23.2 Å². The van der Waals surface area contributed by atoms with Crippen LogP contribution in [-0.2, 0) is 9.53 Å². The molecule has 26 heavy (non-hydrogen) atoms. The number of carbonyl (C=O) groups is 1. The Morgan fingerprint density at radius 1 is 1.35 bits per heavy atom. The van der Waals surface area contributed by atoms with E-state index in [1.54, 1.807) is 4.52 Å². The summed E-state index contributed by atoms with van der Waals surface area (Å²) in [6.07, 6.45) is 3.57. The Hall–Kier alpha value is -1.09. The van der Waals surface area contributed by atoms with Crippen molar-refractivity contribution in [3.63, 3.8) is 0 Å². The molecule has 138 valence electrons. The van der Waals surface area contributed by atoms with E-state index in [0.717, 1.165) is 21.6 Å². The minimum Gasteiger partial charge on any atom is -0.466 e. The lowest BCUT2D eigenvalue weighted by atomic mass is 9.61. The fraction of sp³-hybridized carbons (Fsp3) is 0.611. The number of esters is 1.